The number of rotatable bonds is 4. The summed E-state index contributed by atoms with van der Waals surface area (Å²) in [7, 11) is 0. The van der Waals surface area contributed by atoms with E-state index < -0.39 is 5.03 Å². The van der Waals surface area contributed by atoms with Crippen LogP contribution in [-0.4, -0.2) is 16.7 Å². The van der Waals surface area contributed by atoms with E-state index in [-0.39, 0.29) is 6.61 Å². The van der Waals surface area contributed by atoms with Crippen LogP contribution in [0.4, 0.5) is 5.69 Å². The Morgan fingerprint density at radius 2 is 2.00 bits per heavy atom. The lowest BCUT2D eigenvalue weighted by atomic mass is 10.1. The van der Waals surface area contributed by atoms with E-state index in [9.17, 15) is 10.1 Å². The van der Waals surface area contributed by atoms with Crippen LogP contribution in [0.5, 0.6) is 0 Å². The van der Waals surface area contributed by atoms with Gasteiger partial charge < -0.3 is 5.11 Å². The van der Waals surface area contributed by atoms with Gasteiger partial charge in [-0.15, -0.1) is 5.43 Å². The molecule has 0 saturated heterocycles. The van der Waals surface area contributed by atoms with Gasteiger partial charge in [0.25, 0.3) is 0 Å². The van der Waals surface area contributed by atoms with Gasteiger partial charge in [0.1, 0.15) is 5.69 Å². The minimum atomic E-state index is -0.610. The van der Waals surface area contributed by atoms with Crippen molar-refractivity contribution in [3.63, 3.8) is 0 Å². The Hall–Kier alpha value is -1.62. The van der Waals surface area contributed by atoms with Crippen molar-refractivity contribution in [3.8, 4) is 0 Å². The Morgan fingerprint density at radius 3 is 2.46 bits per heavy atom. The van der Waals surface area contributed by atoms with E-state index in [0.717, 1.165) is 5.56 Å². The second-order valence-electron chi connectivity index (χ2n) is 2.54. The first kappa shape index (κ1) is 9.47. The van der Waals surface area contributed by atoms with Gasteiger partial charge in [0.2, 0.25) is 0 Å². The van der Waals surface area contributed by atoms with Gasteiger partial charge in [-0.1, -0.05) is 12.1 Å². The van der Waals surface area contributed by atoms with E-state index in [2.05, 4.69) is 0 Å². The van der Waals surface area contributed by atoms with E-state index in [1.165, 1.54) is 0 Å². The standard InChI is InChI=1S/C8H10N2O3/c11-6-5-7-1-3-8(4-2-7)9-10(12)13/h1-4,9,11H,5-6H2. The molecule has 0 aromatic heterocycles. The highest BCUT2D eigenvalue weighted by molar-refractivity contribution is 5.42. The minimum Gasteiger partial charge on any atom is -0.396 e. The molecule has 0 bridgehead atoms. The Bertz CT molecular complexity index is 284. The van der Waals surface area contributed by atoms with Crippen LogP contribution in [0.3, 0.4) is 0 Å². The maximum atomic E-state index is 10.0. The van der Waals surface area contributed by atoms with Crippen molar-refractivity contribution in [2.24, 2.45) is 0 Å². The van der Waals surface area contributed by atoms with E-state index in [4.69, 9.17) is 5.11 Å². The van der Waals surface area contributed by atoms with Crippen molar-refractivity contribution in [3.05, 3.63) is 39.9 Å². The van der Waals surface area contributed by atoms with E-state index in [0.29, 0.717) is 12.1 Å². The number of benzene rings is 1. The fourth-order valence-corrected chi connectivity index (χ4v) is 0.980. The SMILES string of the molecule is O=[N+]([O-])Nc1ccc(CCO)cc1. The summed E-state index contributed by atoms with van der Waals surface area (Å²) in [6, 6.07) is 6.69. The van der Waals surface area contributed by atoms with Crippen LogP contribution < -0.4 is 5.43 Å². The highest BCUT2D eigenvalue weighted by Crippen LogP contribution is 2.09. The summed E-state index contributed by atoms with van der Waals surface area (Å²) < 4.78 is 0. The van der Waals surface area contributed by atoms with Crippen LogP contribution in [0.2, 0.25) is 0 Å². The highest BCUT2D eigenvalue weighted by atomic mass is 16.7. The lowest BCUT2D eigenvalue weighted by Gasteiger charge is -1.99. The van der Waals surface area contributed by atoms with Crippen LogP contribution in [0, 0.1) is 10.1 Å². The number of hydrogen-bond donors (Lipinski definition) is 2. The molecular formula is C8H10N2O3. The lowest BCUT2D eigenvalue weighted by Crippen LogP contribution is -2.07. The molecule has 5 nitrogen and oxygen atoms in total. The van der Waals surface area contributed by atoms with E-state index in [1.807, 2.05) is 5.43 Å². The van der Waals surface area contributed by atoms with Gasteiger partial charge in [0, 0.05) is 6.61 Å². The first-order valence-corrected chi connectivity index (χ1v) is 3.83. The zero-order chi connectivity index (χ0) is 9.68. The molecule has 0 amide bonds. The average molecular weight is 182 g/mol. The van der Waals surface area contributed by atoms with Gasteiger partial charge in [0.05, 0.1) is 0 Å². The number of hydrogen-bond acceptors (Lipinski definition) is 3. The molecule has 0 fully saturated rings. The molecule has 1 rings (SSSR count). The molecule has 0 spiro atoms. The molecule has 0 radical (unpaired) electrons. The molecule has 1 aromatic carbocycles. The fraction of sp³-hybridized carbons (Fsp3) is 0.250. The predicted molar refractivity (Wildman–Crippen MR) is 47.8 cm³/mol. The Kier molecular flexibility index (Phi) is 3.22. The highest BCUT2D eigenvalue weighted by Gasteiger charge is 1.98. The third kappa shape index (κ3) is 3.08. The largest absolute Gasteiger partial charge is 0.396 e. The second-order valence-corrected chi connectivity index (χ2v) is 2.54. The summed E-state index contributed by atoms with van der Waals surface area (Å²) in [5.74, 6) is 0. The molecule has 0 saturated carbocycles. The van der Waals surface area contributed by atoms with Crippen molar-refractivity contribution >= 4 is 5.69 Å². The molecule has 0 heterocycles. The molecule has 0 aliphatic rings. The van der Waals surface area contributed by atoms with Crippen molar-refractivity contribution in [2.45, 2.75) is 6.42 Å². The number of nitro groups is 1. The zero-order valence-electron chi connectivity index (χ0n) is 6.93. The number of aliphatic hydroxyl groups excluding tert-OH is 1. The molecule has 0 aliphatic heterocycles. The second kappa shape index (κ2) is 4.42. The Labute approximate surface area is 75.1 Å². The van der Waals surface area contributed by atoms with Gasteiger partial charge >= 0.3 is 0 Å². The molecule has 13 heavy (non-hydrogen) atoms. The average Bonchev–Trinajstić information content (AvgIpc) is 2.08. The molecule has 2 N–H and O–H groups in total. The molecule has 0 unspecified atom stereocenters. The maximum absolute atomic E-state index is 10.0. The first-order valence-electron chi connectivity index (χ1n) is 3.83. The van der Waals surface area contributed by atoms with Crippen LogP contribution in [0.1, 0.15) is 5.56 Å². The smallest absolute Gasteiger partial charge is 0.162 e. The van der Waals surface area contributed by atoms with Gasteiger partial charge in [-0.2, -0.15) is 0 Å². The maximum Gasteiger partial charge on any atom is 0.162 e. The van der Waals surface area contributed by atoms with Crippen molar-refractivity contribution in [2.75, 3.05) is 12.0 Å². The normalized spacial score (nSPS) is 9.62. The summed E-state index contributed by atoms with van der Waals surface area (Å²) in [5.41, 5.74) is 3.43. The fourth-order valence-electron chi connectivity index (χ4n) is 0.980. The quantitative estimate of drug-likeness (QED) is 0.534. The van der Waals surface area contributed by atoms with Crippen molar-refractivity contribution in [1.82, 2.24) is 0 Å². The predicted octanol–water partition coefficient (Wildman–Crippen LogP) is 0.825. The number of hydrazine groups is 1. The van der Waals surface area contributed by atoms with Crippen molar-refractivity contribution < 1.29 is 10.1 Å². The van der Waals surface area contributed by atoms with Crippen LogP contribution >= 0.6 is 0 Å². The summed E-state index contributed by atoms with van der Waals surface area (Å²) in [4.78, 5) is 10.0. The lowest BCUT2D eigenvalue weighted by molar-refractivity contribution is -0.445. The molecule has 0 atom stereocenters. The molecule has 0 aliphatic carbocycles. The molecule has 5 heteroatoms. The number of nitrogens with zero attached hydrogens (tertiary/aromatic N) is 1. The molecular weight excluding hydrogens is 172 g/mol. The van der Waals surface area contributed by atoms with E-state index in [1.54, 1.807) is 24.3 Å². The summed E-state index contributed by atoms with van der Waals surface area (Å²) in [6.07, 6.45) is 0.568. The Balaban J connectivity index is 2.64. The van der Waals surface area contributed by atoms with Crippen molar-refractivity contribution in [1.29, 1.82) is 0 Å². The minimum absolute atomic E-state index is 0.0853. The third-order valence-electron chi connectivity index (χ3n) is 1.57. The summed E-state index contributed by atoms with van der Waals surface area (Å²) in [6.45, 7) is 0.0853. The zero-order valence-corrected chi connectivity index (χ0v) is 6.93. The van der Waals surface area contributed by atoms with Crippen LogP contribution in [0.15, 0.2) is 24.3 Å². The summed E-state index contributed by atoms with van der Waals surface area (Å²) in [5, 5.41) is 18.0. The molecule has 1 aromatic rings. The van der Waals surface area contributed by atoms with Gasteiger partial charge in [0.15, 0.2) is 5.03 Å². The van der Waals surface area contributed by atoms with Gasteiger partial charge in [-0.25, -0.2) is 10.1 Å². The number of anilines is 1. The third-order valence-corrected chi connectivity index (χ3v) is 1.57. The Morgan fingerprint density at radius 1 is 1.38 bits per heavy atom. The van der Waals surface area contributed by atoms with Crippen LogP contribution in [0.25, 0.3) is 0 Å². The van der Waals surface area contributed by atoms with Gasteiger partial charge in [-0.05, 0) is 24.1 Å². The molecule has 70 valence electrons. The number of nitrogens with one attached hydrogen (secondary N) is 1. The monoisotopic (exact) mass is 182 g/mol. The van der Waals surface area contributed by atoms with Gasteiger partial charge in [-0.3, -0.25) is 0 Å². The van der Waals surface area contributed by atoms with Crippen LogP contribution in [-0.2, 0) is 6.42 Å². The number of aliphatic hydroxyl groups is 1. The topological polar surface area (TPSA) is 75.4 Å². The first-order chi connectivity index (χ1) is 6.22. The summed E-state index contributed by atoms with van der Waals surface area (Å²) >= 11 is 0. The van der Waals surface area contributed by atoms with E-state index >= 15 is 0 Å².